The summed E-state index contributed by atoms with van der Waals surface area (Å²) < 4.78 is 5.29. The number of hydrogen-bond donors (Lipinski definition) is 2. The summed E-state index contributed by atoms with van der Waals surface area (Å²) in [4.78, 5) is 11.7. The number of benzene rings is 1. The van der Waals surface area contributed by atoms with Crippen LogP contribution in [-0.2, 0) is 9.53 Å². The molecule has 1 aromatic carbocycles. The predicted molar refractivity (Wildman–Crippen MR) is 62.3 cm³/mol. The van der Waals surface area contributed by atoms with Crippen LogP contribution in [0, 0.1) is 0 Å². The topological polar surface area (TPSA) is 50.4 Å². The Hall–Kier alpha value is -1.39. The predicted octanol–water partition coefficient (Wildman–Crippen LogP) is 1.00. The van der Waals surface area contributed by atoms with Gasteiger partial charge in [0.2, 0.25) is 5.91 Å². The van der Waals surface area contributed by atoms with Crippen molar-refractivity contribution in [3.8, 4) is 0 Å². The molecule has 0 aliphatic carbocycles. The van der Waals surface area contributed by atoms with Crippen LogP contribution in [0.25, 0.3) is 0 Å². The van der Waals surface area contributed by atoms with Gasteiger partial charge in [-0.25, -0.2) is 0 Å². The standard InChI is InChI=1S/C12H16N2O2/c15-12(8-11-9-16-7-6-13-11)14-10-4-2-1-3-5-10/h1-5,11,13H,6-9H2,(H,14,15). The highest BCUT2D eigenvalue weighted by atomic mass is 16.5. The maximum atomic E-state index is 11.7. The van der Waals surface area contributed by atoms with Gasteiger partial charge in [-0.05, 0) is 12.1 Å². The number of morpholine rings is 1. The van der Waals surface area contributed by atoms with E-state index in [0.29, 0.717) is 13.0 Å². The molecule has 4 heteroatoms. The van der Waals surface area contributed by atoms with Crippen molar-refractivity contribution in [2.24, 2.45) is 0 Å². The van der Waals surface area contributed by atoms with E-state index in [9.17, 15) is 4.79 Å². The lowest BCUT2D eigenvalue weighted by Crippen LogP contribution is -2.43. The van der Waals surface area contributed by atoms with Gasteiger partial charge in [0.15, 0.2) is 0 Å². The van der Waals surface area contributed by atoms with Crippen LogP contribution in [0.2, 0.25) is 0 Å². The summed E-state index contributed by atoms with van der Waals surface area (Å²) in [6.07, 6.45) is 0.453. The molecule has 1 saturated heterocycles. The molecule has 1 unspecified atom stereocenters. The smallest absolute Gasteiger partial charge is 0.226 e. The molecule has 4 nitrogen and oxygen atoms in total. The van der Waals surface area contributed by atoms with Crippen molar-refractivity contribution in [2.75, 3.05) is 25.1 Å². The second-order valence-corrected chi connectivity index (χ2v) is 3.84. The Balaban J connectivity index is 1.80. The van der Waals surface area contributed by atoms with Gasteiger partial charge in [0.25, 0.3) is 0 Å². The summed E-state index contributed by atoms with van der Waals surface area (Å²) in [5, 5.41) is 6.10. The highest BCUT2D eigenvalue weighted by molar-refractivity contribution is 5.91. The molecule has 0 spiro atoms. The van der Waals surface area contributed by atoms with Crippen molar-refractivity contribution in [3.63, 3.8) is 0 Å². The molecule has 1 aliphatic rings. The Morgan fingerprint density at radius 2 is 2.25 bits per heavy atom. The summed E-state index contributed by atoms with van der Waals surface area (Å²) in [6.45, 7) is 2.17. The molecule has 1 fully saturated rings. The molecular weight excluding hydrogens is 204 g/mol. The zero-order valence-electron chi connectivity index (χ0n) is 9.11. The minimum absolute atomic E-state index is 0.0224. The van der Waals surface area contributed by atoms with Crippen molar-refractivity contribution < 1.29 is 9.53 Å². The van der Waals surface area contributed by atoms with Crippen LogP contribution < -0.4 is 10.6 Å². The quantitative estimate of drug-likeness (QED) is 0.799. The van der Waals surface area contributed by atoms with E-state index >= 15 is 0 Å². The maximum absolute atomic E-state index is 11.7. The van der Waals surface area contributed by atoms with Gasteiger partial charge >= 0.3 is 0 Å². The van der Waals surface area contributed by atoms with Crippen LogP contribution in [0.4, 0.5) is 5.69 Å². The van der Waals surface area contributed by atoms with E-state index in [-0.39, 0.29) is 11.9 Å². The van der Waals surface area contributed by atoms with E-state index in [1.165, 1.54) is 0 Å². The van der Waals surface area contributed by atoms with Gasteiger partial charge in [0, 0.05) is 24.7 Å². The number of para-hydroxylation sites is 1. The molecule has 1 amide bonds. The zero-order chi connectivity index (χ0) is 11.2. The van der Waals surface area contributed by atoms with Gasteiger partial charge in [0.1, 0.15) is 0 Å². The van der Waals surface area contributed by atoms with Gasteiger partial charge in [0.05, 0.1) is 13.2 Å². The number of carbonyl (C=O) groups excluding carboxylic acids is 1. The van der Waals surface area contributed by atoms with Crippen molar-refractivity contribution in [1.29, 1.82) is 0 Å². The summed E-state index contributed by atoms with van der Waals surface area (Å²) >= 11 is 0. The molecule has 1 aromatic rings. The van der Waals surface area contributed by atoms with Crippen molar-refractivity contribution in [3.05, 3.63) is 30.3 Å². The molecule has 1 aliphatic heterocycles. The first-order chi connectivity index (χ1) is 7.84. The van der Waals surface area contributed by atoms with Gasteiger partial charge < -0.3 is 15.4 Å². The summed E-state index contributed by atoms with van der Waals surface area (Å²) in [6, 6.07) is 9.62. The molecule has 1 atom stereocenters. The van der Waals surface area contributed by atoms with Crippen molar-refractivity contribution >= 4 is 11.6 Å². The Kier molecular flexibility index (Phi) is 3.91. The summed E-state index contributed by atoms with van der Waals surface area (Å²) in [5.41, 5.74) is 0.837. The van der Waals surface area contributed by atoms with E-state index in [1.54, 1.807) is 0 Å². The normalized spacial score (nSPS) is 20.4. The van der Waals surface area contributed by atoms with Crippen LogP contribution in [0.5, 0.6) is 0 Å². The molecule has 2 N–H and O–H groups in total. The summed E-state index contributed by atoms with van der Waals surface area (Å²) in [5.74, 6) is 0.0224. The highest BCUT2D eigenvalue weighted by Crippen LogP contribution is 2.07. The number of nitrogens with one attached hydrogen (secondary N) is 2. The molecule has 0 aromatic heterocycles. The fourth-order valence-electron chi connectivity index (χ4n) is 1.71. The Morgan fingerprint density at radius 1 is 1.44 bits per heavy atom. The fourth-order valence-corrected chi connectivity index (χ4v) is 1.71. The highest BCUT2D eigenvalue weighted by Gasteiger charge is 2.16. The van der Waals surface area contributed by atoms with Crippen LogP contribution in [-0.4, -0.2) is 31.7 Å². The molecule has 16 heavy (non-hydrogen) atoms. The SMILES string of the molecule is O=C(CC1COCCN1)Nc1ccccc1. The number of ether oxygens (including phenoxy) is 1. The van der Waals surface area contributed by atoms with Crippen molar-refractivity contribution in [1.82, 2.24) is 5.32 Å². The van der Waals surface area contributed by atoms with Crippen LogP contribution in [0.1, 0.15) is 6.42 Å². The van der Waals surface area contributed by atoms with E-state index in [2.05, 4.69) is 10.6 Å². The number of anilines is 1. The third-order valence-electron chi connectivity index (χ3n) is 2.49. The first-order valence-corrected chi connectivity index (χ1v) is 5.50. The Labute approximate surface area is 95.0 Å². The average molecular weight is 220 g/mol. The number of hydrogen-bond acceptors (Lipinski definition) is 3. The van der Waals surface area contributed by atoms with E-state index < -0.39 is 0 Å². The average Bonchev–Trinajstić information content (AvgIpc) is 2.31. The fraction of sp³-hybridized carbons (Fsp3) is 0.417. The third-order valence-corrected chi connectivity index (χ3v) is 2.49. The second-order valence-electron chi connectivity index (χ2n) is 3.84. The van der Waals surface area contributed by atoms with Crippen molar-refractivity contribution in [2.45, 2.75) is 12.5 Å². The molecule has 86 valence electrons. The lowest BCUT2D eigenvalue weighted by molar-refractivity contribution is -0.117. The van der Waals surface area contributed by atoms with Gasteiger partial charge in [-0.3, -0.25) is 4.79 Å². The molecule has 1 heterocycles. The molecule has 0 saturated carbocycles. The Bertz CT molecular complexity index is 334. The molecule has 0 bridgehead atoms. The van der Waals surface area contributed by atoms with E-state index in [4.69, 9.17) is 4.74 Å². The largest absolute Gasteiger partial charge is 0.378 e. The second kappa shape index (κ2) is 5.63. The zero-order valence-corrected chi connectivity index (χ0v) is 9.11. The Morgan fingerprint density at radius 3 is 2.94 bits per heavy atom. The summed E-state index contributed by atoms with van der Waals surface area (Å²) in [7, 11) is 0. The van der Waals surface area contributed by atoms with Gasteiger partial charge in [-0.15, -0.1) is 0 Å². The van der Waals surface area contributed by atoms with Crippen LogP contribution in [0.15, 0.2) is 30.3 Å². The minimum Gasteiger partial charge on any atom is -0.378 e. The monoisotopic (exact) mass is 220 g/mol. The lowest BCUT2D eigenvalue weighted by Gasteiger charge is -2.23. The third kappa shape index (κ3) is 3.32. The number of rotatable bonds is 3. The molecular formula is C12H16N2O2. The minimum atomic E-state index is 0.0224. The van der Waals surface area contributed by atoms with Gasteiger partial charge in [-0.1, -0.05) is 18.2 Å². The van der Waals surface area contributed by atoms with Gasteiger partial charge in [-0.2, -0.15) is 0 Å². The lowest BCUT2D eigenvalue weighted by atomic mass is 10.2. The number of amides is 1. The maximum Gasteiger partial charge on any atom is 0.226 e. The van der Waals surface area contributed by atoms with Crippen LogP contribution in [0.3, 0.4) is 0 Å². The van der Waals surface area contributed by atoms with E-state index in [1.807, 2.05) is 30.3 Å². The number of carbonyl (C=O) groups is 1. The first kappa shape index (κ1) is 11.1. The van der Waals surface area contributed by atoms with Crippen LogP contribution >= 0.6 is 0 Å². The molecule has 2 rings (SSSR count). The van der Waals surface area contributed by atoms with E-state index in [0.717, 1.165) is 18.8 Å². The first-order valence-electron chi connectivity index (χ1n) is 5.50. The molecule has 0 radical (unpaired) electrons.